The Balaban J connectivity index is 1.56. The Morgan fingerprint density at radius 3 is 2.72 bits per heavy atom. The van der Waals surface area contributed by atoms with E-state index >= 15 is 0 Å². The van der Waals surface area contributed by atoms with E-state index in [1.807, 2.05) is 4.90 Å². The average Bonchev–Trinajstić information content (AvgIpc) is 3.17. The standard InChI is InChI=1S/C16H21N5O3S/c1-24-12-8-13(25-10-12)15(23)18-16-17-11-21(19-16)9-14(22)20-6-4-2-3-5-7-20/h8,10-11H,2-7,9H2,1H3,(H,18,19,23). The normalized spacial score (nSPS) is 14.8. The van der Waals surface area contributed by atoms with Crippen LogP contribution in [-0.2, 0) is 11.3 Å². The van der Waals surface area contributed by atoms with Crippen LogP contribution in [0.2, 0.25) is 0 Å². The number of ether oxygens (including phenoxy) is 1. The summed E-state index contributed by atoms with van der Waals surface area (Å²) in [5.74, 6) is 0.551. The van der Waals surface area contributed by atoms with Crippen LogP contribution in [0.15, 0.2) is 17.8 Å². The Morgan fingerprint density at radius 1 is 1.28 bits per heavy atom. The van der Waals surface area contributed by atoms with Crippen molar-refractivity contribution in [3.63, 3.8) is 0 Å². The molecule has 1 fully saturated rings. The number of carbonyl (C=O) groups is 2. The summed E-state index contributed by atoms with van der Waals surface area (Å²) < 4.78 is 6.52. The van der Waals surface area contributed by atoms with Crippen LogP contribution in [0.4, 0.5) is 5.95 Å². The summed E-state index contributed by atoms with van der Waals surface area (Å²) in [6.45, 7) is 1.74. The Labute approximate surface area is 149 Å². The maximum Gasteiger partial charge on any atom is 0.268 e. The van der Waals surface area contributed by atoms with Crippen LogP contribution in [0.3, 0.4) is 0 Å². The van der Waals surface area contributed by atoms with E-state index in [0.717, 1.165) is 25.9 Å². The monoisotopic (exact) mass is 363 g/mol. The molecule has 0 spiro atoms. The first-order chi connectivity index (χ1) is 12.2. The summed E-state index contributed by atoms with van der Waals surface area (Å²) in [7, 11) is 1.55. The molecule has 0 saturated carbocycles. The van der Waals surface area contributed by atoms with Gasteiger partial charge in [0, 0.05) is 24.5 Å². The lowest BCUT2D eigenvalue weighted by Crippen LogP contribution is -2.34. The molecule has 9 heteroatoms. The third-order valence-corrected chi connectivity index (χ3v) is 4.96. The predicted molar refractivity (Wildman–Crippen MR) is 93.9 cm³/mol. The first-order valence-electron chi connectivity index (χ1n) is 8.27. The average molecular weight is 363 g/mol. The van der Waals surface area contributed by atoms with Crippen LogP contribution in [0.5, 0.6) is 5.75 Å². The van der Waals surface area contributed by atoms with Crippen LogP contribution in [-0.4, -0.2) is 51.7 Å². The summed E-state index contributed by atoms with van der Waals surface area (Å²) in [6, 6.07) is 1.65. The first kappa shape index (κ1) is 17.4. The summed E-state index contributed by atoms with van der Waals surface area (Å²) in [6.07, 6.45) is 5.91. The highest BCUT2D eigenvalue weighted by Crippen LogP contribution is 2.21. The second kappa shape index (κ2) is 8.11. The zero-order valence-corrected chi connectivity index (χ0v) is 14.9. The molecular weight excluding hydrogens is 342 g/mol. The molecule has 8 nitrogen and oxygen atoms in total. The molecule has 0 bridgehead atoms. The van der Waals surface area contributed by atoms with Gasteiger partial charge in [-0.15, -0.1) is 16.4 Å². The number of aromatic nitrogens is 3. The molecule has 2 aromatic rings. The fraction of sp³-hybridized carbons (Fsp3) is 0.500. The van der Waals surface area contributed by atoms with E-state index in [9.17, 15) is 9.59 Å². The molecule has 1 saturated heterocycles. The van der Waals surface area contributed by atoms with Gasteiger partial charge in [0.1, 0.15) is 18.6 Å². The summed E-state index contributed by atoms with van der Waals surface area (Å²) in [5.41, 5.74) is 0. The van der Waals surface area contributed by atoms with Gasteiger partial charge in [-0.25, -0.2) is 9.67 Å². The van der Waals surface area contributed by atoms with Crippen molar-refractivity contribution in [1.29, 1.82) is 0 Å². The van der Waals surface area contributed by atoms with Crippen LogP contribution < -0.4 is 10.1 Å². The number of thiophene rings is 1. The molecule has 1 N–H and O–H groups in total. The van der Waals surface area contributed by atoms with Gasteiger partial charge in [-0.1, -0.05) is 12.8 Å². The number of methoxy groups -OCH3 is 1. The number of hydrogen-bond donors (Lipinski definition) is 1. The quantitative estimate of drug-likeness (QED) is 0.878. The number of anilines is 1. The molecule has 0 radical (unpaired) electrons. The minimum atomic E-state index is -0.301. The maximum atomic E-state index is 12.3. The highest BCUT2D eigenvalue weighted by Gasteiger charge is 2.17. The highest BCUT2D eigenvalue weighted by atomic mass is 32.1. The van der Waals surface area contributed by atoms with E-state index in [-0.39, 0.29) is 24.3 Å². The lowest BCUT2D eigenvalue weighted by Gasteiger charge is -2.19. The predicted octanol–water partition coefficient (Wildman–Crippen LogP) is 2.00. The topological polar surface area (TPSA) is 89.3 Å². The number of rotatable bonds is 5. The second-order valence-corrected chi connectivity index (χ2v) is 6.78. The largest absolute Gasteiger partial charge is 0.496 e. The van der Waals surface area contributed by atoms with Gasteiger partial charge in [-0.05, 0) is 12.8 Å². The van der Waals surface area contributed by atoms with E-state index in [1.54, 1.807) is 18.6 Å². The van der Waals surface area contributed by atoms with Crippen molar-refractivity contribution in [2.75, 3.05) is 25.5 Å². The highest BCUT2D eigenvalue weighted by molar-refractivity contribution is 7.12. The van der Waals surface area contributed by atoms with Gasteiger partial charge >= 0.3 is 0 Å². The summed E-state index contributed by atoms with van der Waals surface area (Å²) >= 11 is 1.28. The molecule has 0 atom stereocenters. The van der Waals surface area contributed by atoms with Gasteiger partial charge in [0.15, 0.2) is 0 Å². The first-order valence-corrected chi connectivity index (χ1v) is 9.15. The summed E-state index contributed by atoms with van der Waals surface area (Å²) in [5, 5.41) is 8.54. The molecule has 2 aromatic heterocycles. The number of likely N-dealkylation sites (tertiary alicyclic amines) is 1. The van der Waals surface area contributed by atoms with Crippen LogP contribution in [0.1, 0.15) is 35.4 Å². The fourth-order valence-corrected chi connectivity index (χ4v) is 3.44. The maximum absolute atomic E-state index is 12.3. The van der Waals surface area contributed by atoms with E-state index in [1.165, 1.54) is 35.2 Å². The number of carbonyl (C=O) groups excluding carboxylic acids is 2. The molecule has 3 rings (SSSR count). The fourth-order valence-electron chi connectivity index (χ4n) is 2.69. The molecule has 1 aliphatic rings. The molecule has 0 aromatic carbocycles. The zero-order valence-electron chi connectivity index (χ0n) is 14.1. The summed E-state index contributed by atoms with van der Waals surface area (Å²) in [4.78, 5) is 30.9. The van der Waals surface area contributed by atoms with E-state index in [4.69, 9.17) is 4.74 Å². The number of nitrogens with zero attached hydrogens (tertiary/aromatic N) is 4. The molecule has 3 heterocycles. The Kier molecular flexibility index (Phi) is 5.64. The second-order valence-electron chi connectivity index (χ2n) is 5.87. The van der Waals surface area contributed by atoms with E-state index in [2.05, 4.69) is 15.4 Å². The molecule has 0 unspecified atom stereocenters. The van der Waals surface area contributed by atoms with Crippen molar-refractivity contribution in [1.82, 2.24) is 19.7 Å². The third kappa shape index (κ3) is 4.56. The lowest BCUT2D eigenvalue weighted by atomic mass is 10.2. The van der Waals surface area contributed by atoms with Crippen molar-refractivity contribution in [2.45, 2.75) is 32.2 Å². The number of amides is 2. The van der Waals surface area contributed by atoms with Crippen LogP contribution in [0.25, 0.3) is 0 Å². The van der Waals surface area contributed by atoms with Gasteiger partial charge in [-0.3, -0.25) is 14.9 Å². The Hall–Kier alpha value is -2.42. The van der Waals surface area contributed by atoms with E-state index < -0.39 is 0 Å². The molecular formula is C16H21N5O3S. The number of nitrogens with one attached hydrogen (secondary N) is 1. The molecule has 0 aliphatic carbocycles. The minimum absolute atomic E-state index is 0.0349. The van der Waals surface area contributed by atoms with Crippen LogP contribution >= 0.6 is 11.3 Å². The van der Waals surface area contributed by atoms with Gasteiger partial charge in [0.25, 0.3) is 5.91 Å². The lowest BCUT2D eigenvalue weighted by molar-refractivity contribution is -0.132. The van der Waals surface area contributed by atoms with Crippen molar-refractivity contribution in [3.8, 4) is 5.75 Å². The SMILES string of the molecule is COc1csc(C(=O)Nc2ncn(CC(=O)N3CCCCCC3)n2)c1. The Morgan fingerprint density at radius 2 is 2.04 bits per heavy atom. The minimum Gasteiger partial charge on any atom is -0.496 e. The number of hydrogen-bond acceptors (Lipinski definition) is 6. The van der Waals surface area contributed by atoms with Gasteiger partial charge in [0.05, 0.1) is 12.0 Å². The zero-order chi connectivity index (χ0) is 17.6. The van der Waals surface area contributed by atoms with Crippen LogP contribution in [0, 0.1) is 0 Å². The van der Waals surface area contributed by atoms with Crippen molar-refractivity contribution in [3.05, 3.63) is 22.7 Å². The smallest absolute Gasteiger partial charge is 0.268 e. The van der Waals surface area contributed by atoms with E-state index in [0.29, 0.717) is 10.6 Å². The third-order valence-electron chi connectivity index (χ3n) is 4.05. The molecule has 2 amide bonds. The van der Waals surface area contributed by atoms with Gasteiger partial charge in [-0.2, -0.15) is 0 Å². The van der Waals surface area contributed by atoms with Crippen molar-refractivity contribution < 1.29 is 14.3 Å². The van der Waals surface area contributed by atoms with Crippen molar-refractivity contribution in [2.24, 2.45) is 0 Å². The van der Waals surface area contributed by atoms with Crippen molar-refractivity contribution >= 4 is 29.1 Å². The molecule has 25 heavy (non-hydrogen) atoms. The van der Waals surface area contributed by atoms with Gasteiger partial charge < -0.3 is 9.64 Å². The molecule has 1 aliphatic heterocycles. The molecule has 134 valence electrons. The Bertz CT molecular complexity index is 734. The van der Waals surface area contributed by atoms with Gasteiger partial charge in [0.2, 0.25) is 11.9 Å².